The number of benzene rings is 2. The number of hydrogen-bond donors (Lipinski definition) is 2. The molecule has 0 spiro atoms. The summed E-state index contributed by atoms with van der Waals surface area (Å²) in [6, 6.07) is 15.3. The second-order valence-electron chi connectivity index (χ2n) is 6.22. The number of carbonyl (C=O) groups excluding carboxylic acids is 1. The highest BCUT2D eigenvalue weighted by molar-refractivity contribution is 5.97. The van der Waals surface area contributed by atoms with Crippen LogP contribution in [0, 0.1) is 0 Å². The van der Waals surface area contributed by atoms with E-state index in [-0.39, 0.29) is 5.91 Å². The van der Waals surface area contributed by atoms with Gasteiger partial charge >= 0.3 is 0 Å². The fourth-order valence-electron chi connectivity index (χ4n) is 2.04. The maximum atomic E-state index is 11.9. The Balaban J connectivity index is 1.88. The lowest BCUT2D eigenvalue weighted by atomic mass is 10.1. The zero-order chi connectivity index (χ0) is 17.6. The average Bonchev–Trinajstić information content (AvgIpc) is 2.55. The maximum Gasteiger partial charge on any atom is 0.243 e. The van der Waals surface area contributed by atoms with Crippen molar-refractivity contribution in [2.45, 2.75) is 32.6 Å². The van der Waals surface area contributed by atoms with E-state index in [0.717, 1.165) is 16.9 Å². The van der Waals surface area contributed by atoms with Crippen molar-refractivity contribution in [2.24, 2.45) is 5.73 Å². The molecular weight excluding hydrogens is 304 g/mol. The third-order valence-electron chi connectivity index (χ3n) is 3.47. The Kier molecular flexibility index (Phi) is 5.95. The molecule has 0 saturated carbocycles. The molecule has 0 radical (unpaired) electrons. The van der Waals surface area contributed by atoms with Crippen molar-refractivity contribution in [2.75, 3.05) is 12.4 Å². The molecule has 128 valence electrons. The zero-order valence-electron chi connectivity index (χ0n) is 14.3. The molecule has 0 aliphatic heterocycles. The Bertz CT molecular complexity index is 676. The summed E-state index contributed by atoms with van der Waals surface area (Å²) in [4.78, 5) is 11.9. The van der Waals surface area contributed by atoms with Crippen LogP contribution >= 0.6 is 0 Å². The molecule has 24 heavy (non-hydrogen) atoms. The van der Waals surface area contributed by atoms with Gasteiger partial charge in [-0.15, -0.1) is 0 Å². The first-order valence-electron chi connectivity index (χ1n) is 7.78. The van der Waals surface area contributed by atoms with Crippen molar-refractivity contribution in [3.8, 4) is 5.75 Å². The number of carbonyl (C=O) groups is 1. The number of ether oxygens (including phenoxy) is 2. The maximum absolute atomic E-state index is 11.9. The number of anilines is 1. The van der Waals surface area contributed by atoms with Crippen molar-refractivity contribution in [1.82, 2.24) is 0 Å². The van der Waals surface area contributed by atoms with Crippen LogP contribution in [0.2, 0.25) is 0 Å². The number of methoxy groups -OCH3 is 1. The van der Waals surface area contributed by atoms with Crippen LogP contribution in [-0.2, 0) is 22.7 Å². The normalized spacial score (nSPS) is 11.2. The van der Waals surface area contributed by atoms with E-state index in [4.69, 9.17) is 15.2 Å². The fourth-order valence-corrected chi connectivity index (χ4v) is 2.04. The summed E-state index contributed by atoms with van der Waals surface area (Å²) in [7, 11) is 1.64. The van der Waals surface area contributed by atoms with E-state index < -0.39 is 5.54 Å². The van der Waals surface area contributed by atoms with Crippen LogP contribution < -0.4 is 15.8 Å². The van der Waals surface area contributed by atoms with Crippen LogP contribution in [0.15, 0.2) is 48.5 Å². The SMILES string of the molecule is COc1ccc(COCc2cccc(NC(=O)C(C)(C)N)c2)cc1. The van der Waals surface area contributed by atoms with Gasteiger partial charge in [0.15, 0.2) is 0 Å². The van der Waals surface area contributed by atoms with E-state index in [1.807, 2.05) is 48.5 Å². The minimum atomic E-state index is -0.916. The van der Waals surface area contributed by atoms with E-state index in [2.05, 4.69) is 5.32 Å². The molecule has 2 rings (SSSR count). The number of rotatable bonds is 7. The smallest absolute Gasteiger partial charge is 0.243 e. The van der Waals surface area contributed by atoms with Gasteiger partial charge in [-0.3, -0.25) is 4.79 Å². The Morgan fingerprint density at radius 3 is 2.38 bits per heavy atom. The molecule has 2 aromatic carbocycles. The van der Waals surface area contributed by atoms with Crippen LogP contribution in [0.4, 0.5) is 5.69 Å². The van der Waals surface area contributed by atoms with Gasteiger partial charge in [0.05, 0.1) is 25.9 Å². The highest BCUT2D eigenvalue weighted by Crippen LogP contribution is 2.15. The highest BCUT2D eigenvalue weighted by Gasteiger charge is 2.21. The minimum Gasteiger partial charge on any atom is -0.497 e. The van der Waals surface area contributed by atoms with Gasteiger partial charge < -0.3 is 20.5 Å². The number of amides is 1. The van der Waals surface area contributed by atoms with Crippen molar-refractivity contribution >= 4 is 11.6 Å². The largest absolute Gasteiger partial charge is 0.497 e. The monoisotopic (exact) mass is 328 g/mol. The standard InChI is InChI=1S/C19H24N2O3/c1-19(2,20)18(22)21-16-6-4-5-15(11-16)13-24-12-14-7-9-17(23-3)10-8-14/h4-11H,12-13,20H2,1-3H3,(H,21,22). The van der Waals surface area contributed by atoms with E-state index in [1.165, 1.54) is 0 Å². The first-order chi connectivity index (χ1) is 11.4. The molecule has 5 nitrogen and oxygen atoms in total. The molecule has 3 N–H and O–H groups in total. The van der Waals surface area contributed by atoms with E-state index >= 15 is 0 Å². The second-order valence-corrected chi connectivity index (χ2v) is 6.22. The van der Waals surface area contributed by atoms with Gasteiger partial charge in [-0.2, -0.15) is 0 Å². The van der Waals surface area contributed by atoms with Gasteiger partial charge in [-0.25, -0.2) is 0 Å². The summed E-state index contributed by atoms with van der Waals surface area (Å²) in [5.74, 6) is 0.601. The molecule has 0 atom stereocenters. The van der Waals surface area contributed by atoms with Gasteiger partial charge in [0.2, 0.25) is 5.91 Å². The first kappa shape index (κ1) is 18.0. The predicted octanol–water partition coefficient (Wildman–Crippen LogP) is 3.09. The second kappa shape index (κ2) is 7.95. The number of nitrogens with two attached hydrogens (primary N) is 1. The van der Waals surface area contributed by atoms with Gasteiger partial charge in [0, 0.05) is 5.69 Å². The van der Waals surface area contributed by atoms with Gasteiger partial charge in [0.25, 0.3) is 0 Å². The van der Waals surface area contributed by atoms with Crippen LogP contribution in [0.3, 0.4) is 0 Å². The lowest BCUT2D eigenvalue weighted by molar-refractivity contribution is -0.120. The summed E-state index contributed by atoms with van der Waals surface area (Å²) < 4.78 is 10.9. The molecule has 2 aromatic rings. The molecule has 1 amide bonds. The molecule has 0 bridgehead atoms. The Hall–Kier alpha value is -2.37. The molecule has 0 aromatic heterocycles. The molecule has 0 unspecified atom stereocenters. The molecule has 0 aliphatic carbocycles. The van der Waals surface area contributed by atoms with Gasteiger partial charge in [0.1, 0.15) is 5.75 Å². The van der Waals surface area contributed by atoms with E-state index in [1.54, 1.807) is 21.0 Å². The van der Waals surface area contributed by atoms with Crippen molar-refractivity contribution in [3.63, 3.8) is 0 Å². The molecule has 5 heteroatoms. The van der Waals surface area contributed by atoms with E-state index in [0.29, 0.717) is 18.9 Å². The quantitative estimate of drug-likeness (QED) is 0.819. The summed E-state index contributed by atoms with van der Waals surface area (Å²) in [6.45, 7) is 4.31. The van der Waals surface area contributed by atoms with Gasteiger partial charge in [-0.1, -0.05) is 24.3 Å². The Morgan fingerprint density at radius 1 is 1.08 bits per heavy atom. The van der Waals surface area contributed by atoms with Crippen molar-refractivity contribution < 1.29 is 14.3 Å². The first-order valence-corrected chi connectivity index (χ1v) is 7.78. The van der Waals surface area contributed by atoms with E-state index in [9.17, 15) is 4.79 Å². The van der Waals surface area contributed by atoms with Gasteiger partial charge in [-0.05, 0) is 49.2 Å². The number of hydrogen-bond acceptors (Lipinski definition) is 4. The average molecular weight is 328 g/mol. The van der Waals surface area contributed by atoms with Crippen LogP contribution in [0.5, 0.6) is 5.75 Å². The molecule has 0 saturated heterocycles. The molecule has 0 heterocycles. The third-order valence-corrected chi connectivity index (χ3v) is 3.47. The minimum absolute atomic E-state index is 0.223. The van der Waals surface area contributed by atoms with Crippen LogP contribution in [0.1, 0.15) is 25.0 Å². The molecule has 0 fully saturated rings. The molecular formula is C19H24N2O3. The molecule has 0 aliphatic rings. The van der Waals surface area contributed by atoms with Crippen molar-refractivity contribution in [3.05, 3.63) is 59.7 Å². The lowest BCUT2D eigenvalue weighted by Gasteiger charge is -2.18. The zero-order valence-corrected chi connectivity index (χ0v) is 14.3. The topological polar surface area (TPSA) is 73.6 Å². The summed E-state index contributed by atoms with van der Waals surface area (Å²) in [6.07, 6.45) is 0. The Labute approximate surface area is 142 Å². The Morgan fingerprint density at radius 2 is 1.75 bits per heavy atom. The predicted molar refractivity (Wildman–Crippen MR) is 94.8 cm³/mol. The number of nitrogens with one attached hydrogen (secondary N) is 1. The summed E-state index contributed by atoms with van der Waals surface area (Å²) in [5, 5.41) is 2.81. The highest BCUT2D eigenvalue weighted by atomic mass is 16.5. The van der Waals surface area contributed by atoms with Crippen LogP contribution in [-0.4, -0.2) is 18.6 Å². The lowest BCUT2D eigenvalue weighted by Crippen LogP contribution is -2.45. The third kappa shape index (κ3) is 5.37. The summed E-state index contributed by atoms with van der Waals surface area (Å²) >= 11 is 0. The summed E-state index contributed by atoms with van der Waals surface area (Å²) in [5.41, 5.74) is 7.64. The van der Waals surface area contributed by atoms with Crippen LogP contribution in [0.25, 0.3) is 0 Å². The fraction of sp³-hybridized carbons (Fsp3) is 0.316. The van der Waals surface area contributed by atoms with Crippen molar-refractivity contribution in [1.29, 1.82) is 0 Å².